The lowest BCUT2D eigenvalue weighted by Gasteiger charge is -2.26. The van der Waals surface area contributed by atoms with Crippen LogP contribution in [0.4, 0.5) is 5.69 Å². The maximum absolute atomic E-state index is 5.47. The second kappa shape index (κ2) is 5.90. The van der Waals surface area contributed by atoms with Gasteiger partial charge in [-0.3, -0.25) is 0 Å². The first kappa shape index (κ1) is 11.5. The summed E-state index contributed by atoms with van der Waals surface area (Å²) in [4.78, 5) is 0. The summed E-state index contributed by atoms with van der Waals surface area (Å²) in [7, 11) is 0. The molecule has 0 bridgehead atoms. The minimum absolute atomic E-state index is 0.713. The number of ether oxygens (including phenoxy) is 1. The molecule has 0 atom stereocenters. The van der Waals surface area contributed by atoms with Crippen LogP contribution in [0.2, 0.25) is 0 Å². The van der Waals surface area contributed by atoms with Crippen molar-refractivity contribution in [2.24, 2.45) is 5.92 Å². The lowest BCUT2D eigenvalue weighted by molar-refractivity contribution is 0.134. The summed E-state index contributed by atoms with van der Waals surface area (Å²) in [5, 5.41) is 3.54. The number of hydrogen-bond acceptors (Lipinski definition) is 2. The third kappa shape index (κ3) is 2.99. The zero-order valence-electron chi connectivity index (χ0n) is 10.0. The van der Waals surface area contributed by atoms with Crippen molar-refractivity contribution >= 4 is 5.69 Å². The van der Waals surface area contributed by atoms with E-state index in [1.807, 2.05) is 6.92 Å². The van der Waals surface area contributed by atoms with Gasteiger partial charge in [0, 0.05) is 24.4 Å². The molecule has 0 spiro atoms. The quantitative estimate of drug-likeness (QED) is 0.791. The third-order valence-electron chi connectivity index (χ3n) is 3.28. The van der Waals surface area contributed by atoms with Gasteiger partial charge in [-0.15, -0.1) is 0 Å². The van der Waals surface area contributed by atoms with E-state index in [0.717, 1.165) is 19.1 Å². The summed E-state index contributed by atoms with van der Waals surface area (Å²) in [6, 6.07) is 8.44. The summed E-state index contributed by atoms with van der Waals surface area (Å²) in [5.41, 5.74) is 2.51. The highest BCUT2D eigenvalue weighted by Crippen LogP contribution is 2.27. The van der Waals surface area contributed by atoms with Gasteiger partial charge in [0.05, 0.1) is 6.61 Å². The number of anilines is 1. The van der Waals surface area contributed by atoms with Gasteiger partial charge in [-0.1, -0.05) is 24.6 Å². The molecular weight excluding hydrogens is 198 g/mol. The average molecular weight is 219 g/mol. The van der Waals surface area contributed by atoms with Gasteiger partial charge in [0.1, 0.15) is 0 Å². The van der Waals surface area contributed by atoms with Crippen molar-refractivity contribution in [1.29, 1.82) is 0 Å². The van der Waals surface area contributed by atoms with Crippen molar-refractivity contribution in [3.63, 3.8) is 0 Å². The highest BCUT2D eigenvalue weighted by Gasteiger charge is 2.16. The number of para-hydroxylation sites is 1. The van der Waals surface area contributed by atoms with Gasteiger partial charge in [0.2, 0.25) is 0 Å². The Balaban J connectivity index is 1.89. The van der Waals surface area contributed by atoms with Gasteiger partial charge in [0.25, 0.3) is 0 Å². The monoisotopic (exact) mass is 219 g/mol. The molecule has 0 unspecified atom stereocenters. The summed E-state index contributed by atoms with van der Waals surface area (Å²) in [5.74, 6) is 0.889. The molecule has 1 fully saturated rings. The van der Waals surface area contributed by atoms with Crippen LogP contribution >= 0.6 is 0 Å². The van der Waals surface area contributed by atoms with E-state index in [1.165, 1.54) is 30.5 Å². The Labute approximate surface area is 98.0 Å². The minimum Gasteiger partial charge on any atom is -0.384 e. The molecule has 1 saturated carbocycles. The molecule has 0 radical (unpaired) electrons. The van der Waals surface area contributed by atoms with Crippen molar-refractivity contribution in [2.75, 3.05) is 18.5 Å². The van der Waals surface area contributed by atoms with Crippen molar-refractivity contribution in [3.05, 3.63) is 29.8 Å². The van der Waals surface area contributed by atoms with E-state index < -0.39 is 0 Å². The lowest BCUT2D eigenvalue weighted by Crippen LogP contribution is -2.21. The summed E-state index contributed by atoms with van der Waals surface area (Å²) < 4.78 is 5.47. The van der Waals surface area contributed by atoms with E-state index >= 15 is 0 Å². The summed E-state index contributed by atoms with van der Waals surface area (Å²) >= 11 is 0. The zero-order chi connectivity index (χ0) is 11.2. The SMILES string of the molecule is CCOCc1ccccc1NCC1CCC1. The van der Waals surface area contributed by atoms with Gasteiger partial charge in [-0.25, -0.2) is 0 Å². The lowest BCUT2D eigenvalue weighted by atomic mass is 9.85. The van der Waals surface area contributed by atoms with Crippen LogP contribution in [-0.2, 0) is 11.3 Å². The number of hydrogen-bond donors (Lipinski definition) is 1. The van der Waals surface area contributed by atoms with E-state index in [4.69, 9.17) is 4.74 Å². The van der Waals surface area contributed by atoms with Crippen molar-refractivity contribution in [2.45, 2.75) is 32.8 Å². The molecule has 16 heavy (non-hydrogen) atoms. The Hall–Kier alpha value is -1.02. The normalized spacial score (nSPS) is 15.8. The molecule has 1 aromatic carbocycles. The Kier molecular flexibility index (Phi) is 4.23. The maximum atomic E-state index is 5.47. The molecule has 2 rings (SSSR count). The molecule has 88 valence electrons. The number of benzene rings is 1. The van der Waals surface area contributed by atoms with E-state index in [9.17, 15) is 0 Å². The molecule has 0 heterocycles. The predicted molar refractivity (Wildman–Crippen MR) is 67.6 cm³/mol. The first-order valence-electron chi connectivity index (χ1n) is 6.29. The molecular formula is C14H21NO. The van der Waals surface area contributed by atoms with Gasteiger partial charge in [-0.2, -0.15) is 0 Å². The Morgan fingerprint density at radius 2 is 2.12 bits per heavy atom. The Morgan fingerprint density at radius 3 is 2.81 bits per heavy atom. The predicted octanol–water partition coefficient (Wildman–Crippen LogP) is 3.44. The third-order valence-corrected chi connectivity index (χ3v) is 3.28. The Morgan fingerprint density at radius 1 is 1.31 bits per heavy atom. The fourth-order valence-corrected chi connectivity index (χ4v) is 1.98. The molecule has 0 amide bonds. The average Bonchev–Trinajstić information content (AvgIpc) is 2.26. The number of rotatable bonds is 6. The first-order valence-corrected chi connectivity index (χ1v) is 6.29. The molecule has 1 aliphatic rings. The van der Waals surface area contributed by atoms with Crippen LogP contribution in [0.5, 0.6) is 0 Å². The molecule has 1 aromatic rings. The first-order chi connectivity index (χ1) is 7.90. The van der Waals surface area contributed by atoms with Gasteiger partial charge in [0.15, 0.2) is 0 Å². The van der Waals surface area contributed by atoms with Crippen LogP contribution in [0, 0.1) is 5.92 Å². The zero-order valence-corrected chi connectivity index (χ0v) is 10.0. The van der Waals surface area contributed by atoms with Crippen molar-refractivity contribution in [3.8, 4) is 0 Å². The standard InChI is InChI=1S/C14H21NO/c1-2-16-11-13-8-3-4-9-14(13)15-10-12-6-5-7-12/h3-4,8-9,12,15H,2,5-7,10-11H2,1H3. The van der Waals surface area contributed by atoms with E-state index in [-0.39, 0.29) is 0 Å². The summed E-state index contributed by atoms with van der Waals surface area (Å²) in [6.45, 7) is 4.63. The molecule has 1 N–H and O–H groups in total. The van der Waals surface area contributed by atoms with Gasteiger partial charge in [-0.05, 0) is 31.7 Å². The highest BCUT2D eigenvalue weighted by molar-refractivity contribution is 5.50. The topological polar surface area (TPSA) is 21.3 Å². The second-order valence-electron chi connectivity index (χ2n) is 4.47. The largest absolute Gasteiger partial charge is 0.384 e. The molecule has 2 nitrogen and oxygen atoms in total. The fourth-order valence-electron chi connectivity index (χ4n) is 1.98. The molecule has 0 saturated heterocycles. The van der Waals surface area contributed by atoms with E-state index in [1.54, 1.807) is 0 Å². The Bertz CT molecular complexity index is 320. The smallest absolute Gasteiger partial charge is 0.0736 e. The van der Waals surface area contributed by atoms with Gasteiger partial charge >= 0.3 is 0 Å². The van der Waals surface area contributed by atoms with Crippen LogP contribution in [0.25, 0.3) is 0 Å². The van der Waals surface area contributed by atoms with Crippen LogP contribution in [-0.4, -0.2) is 13.2 Å². The van der Waals surface area contributed by atoms with Crippen LogP contribution in [0.3, 0.4) is 0 Å². The van der Waals surface area contributed by atoms with E-state index in [0.29, 0.717) is 6.61 Å². The summed E-state index contributed by atoms with van der Waals surface area (Å²) in [6.07, 6.45) is 4.19. The highest BCUT2D eigenvalue weighted by atomic mass is 16.5. The van der Waals surface area contributed by atoms with Crippen molar-refractivity contribution < 1.29 is 4.74 Å². The second-order valence-corrected chi connectivity index (χ2v) is 4.47. The van der Waals surface area contributed by atoms with E-state index in [2.05, 4.69) is 29.6 Å². The fraction of sp³-hybridized carbons (Fsp3) is 0.571. The molecule has 1 aliphatic carbocycles. The molecule has 0 aromatic heterocycles. The number of nitrogens with one attached hydrogen (secondary N) is 1. The van der Waals surface area contributed by atoms with Crippen LogP contribution in [0.1, 0.15) is 31.7 Å². The molecule has 0 aliphatic heterocycles. The minimum atomic E-state index is 0.713. The van der Waals surface area contributed by atoms with Crippen molar-refractivity contribution in [1.82, 2.24) is 0 Å². The van der Waals surface area contributed by atoms with Crippen LogP contribution in [0.15, 0.2) is 24.3 Å². The van der Waals surface area contributed by atoms with Crippen LogP contribution < -0.4 is 5.32 Å². The maximum Gasteiger partial charge on any atom is 0.0736 e. The molecule has 2 heteroatoms. The van der Waals surface area contributed by atoms with Gasteiger partial charge < -0.3 is 10.1 Å².